The summed E-state index contributed by atoms with van der Waals surface area (Å²) in [5.41, 5.74) is 0.294. The quantitative estimate of drug-likeness (QED) is 0.912. The van der Waals surface area contributed by atoms with Gasteiger partial charge in [-0.1, -0.05) is 6.92 Å². The van der Waals surface area contributed by atoms with E-state index in [2.05, 4.69) is 12.2 Å². The molecule has 3 aliphatic heterocycles. The first-order valence-electron chi connectivity index (χ1n) is 8.86. The van der Waals surface area contributed by atoms with Gasteiger partial charge in [-0.25, -0.2) is 4.79 Å². The van der Waals surface area contributed by atoms with Crippen molar-refractivity contribution in [1.29, 1.82) is 0 Å². The fourth-order valence-corrected chi connectivity index (χ4v) is 3.98. The number of fused-ring (bicyclic) bond motifs is 1. The lowest BCUT2D eigenvalue weighted by atomic mass is 9.85. The average molecular weight is 345 g/mol. The summed E-state index contributed by atoms with van der Waals surface area (Å²) in [6.45, 7) is 5.02. The van der Waals surface area contributed by atoms with Crippen molar-refractivity contribution in [2.24, 2.45) is 5.41 Å². The number of nitrogens with one attached hydrogen (secondary N) is 1. The second-order valence-electron chi connectivity index (χ2n) is 6.99. The van der Waals surface area contributed by atoms with E-state index in [1.165, 1.54) is 0 Å². The molecule has 0 bridgehead atoms. The molecule has 3 amide bonds. The van der Waals surface area contributed by atoms with Gasteiger partial charge in [-0.05, 0) is 31.4 Å². The number of nitrogens with zero attached hydrogens (tertiary/aromatic N) is 2. The van der Waals surface area contributed by atoms with Crippen LogP contribution >= 0.6 is 0 Å². The van der Waals surface area contributed by atoms with E-state index in [4.69, 9.17) is 9.47 Å². The third-order valence-corrected chi connectivity index (χ3v) is 5.36. The molecule has 0 aliphatic carbocycles. The fraction of sp³-hybridized carbons (Fsp3) is 0.556. The summed E-state index contributed by atoms with van der Waals surface area (Å²) < 4.78 is 10.6. The zero-order valence-corrected chi connectivity index (χ0v) is 14.4. The number of hydrogen-bond donors (Lipinski definition) is 1. The number of carbonyl (C=O) groups excluding carboxylic acids is 2. The monoisotopic (exact) mass is 345 g/mol. The van der Waals surface area contributed by atoms with Gasteiger partial charge >= 0.3 is 6.03 Å². The lowest BCUT2D eigenvalue weighted by molar-refractivity contribution is -0.135. The molecule has 1 N–H and O–H groups in total. The SMILES string of the molecule is CCCN1CCC2(CCN(C(=O)Nc3ccc4c(c3)OCO4)C2)C1=O. The average Bonchev–Trinajstić information content (AvgIpc) is 3.31. The predicted molar refractivity (Wildman–Crippen MR) is 91.7 cm³/mol. The van der Waals surface area contributed by atoms with Gasteiger partial charge in [-0.15, -0.1) is 0 Å². The summed E-state index contributed by atoms with van der Waals surface area (Å²) in [6, 6.07) is 5.17. The topological polar surface area (TPSA) is 71.1 Å². The maximum Gasteiger partial charge on any atom is 0.321 e. The van der Waals surface area contributed by atoms with E-state index in [0.717, 1.165) is 32.4 Å². The molecule has 0 aromatic heterocycles. The molecule has 134 valence electrons. The molecule has 1 aromatic rings. The van der Waals surface area contributed by atoms with Gasteiger partial charge in [0.05, 0.1) is 5.41 Å². The Morgan fingerprint density at radius 3 is 2.88 bits per heavy atom. The minimum absolute atomic E-state index is 0.169. The van der Waals surface area contributed by atoms with Gasteiger partial charge in [0.15, 0.2) is 11.5 Å². The van der Waals surface area contributed by atoms with Crippen LogP contribution in [0.3, 0.4) is 0 Å². The zero-order chi connectivity index (χ0) is 17.4. The Labute approximate surface area is 146 Å². The van der Waals surface area contributed by atoms with E-state index in [-0.39, 0.29) is 24.1 Å². The van der Waals surface area contributed by atoms with E-state index < -0.39 is 0 Å². The Hall–Kier alpha value is -2.44. The lowest BCUT2D eigenvalue weighted by Crippen LogP contribution is -2.39. The van der Waals surface area contributed by atoms with Crippen molar-refractivity contribution in [3.63, 3.8) is 0 Å². The van der Waals surface area contributed by atoms with Crippen molar-refractivity contribution >= 4 is 17.6 Å². The van der Waals surface area contributed by atoms with Crippen LogP contribution in [0.1, 0.15) is 26.2 Å². The Balaban J connectivity index is 1.40. The van der Waals surface area contributed by atoms with Gasteiger partial charge in [-0.2, -0.15) is 0 Å². The molecule has 2 saturated heterocycles. The molecule has 1 aromatic carbocycles. The number of anilines is 1. The van der Waals surface area contributed by atoms with Gasteiger partial charge < -0.3 is 24.6 Å². The standard InChI is InChI=1S/C18H23N3O4/c1-2-7-20-8-5-18(16(20)22)6-9-21(11-18)17(23)19-13-3-4-14-15(10-13)25-12-24-14/h3-4,10H,2,5-9,11-12H2,1H3,(H,19,23). The van der Waals surface area contributed by atoms with Gasteiger partial charge in [-0.3, -0.25) is 4.79 Å². The highest BCUT2D eigenvalue weighted by atomic mass is 16.7. The molecule has 25 heavy (non-hydrogen) atoms. The molecule has 7 nitrogen and oxygen atoms in total. The normalized spacial score (nSPS) is 24.4. The van der Waals surface area contributed by atoms with Crippen LogP contribution in [-0.4, -0.2) is 54.7 Å². The smallest absolute Gasteiger partial charge is 0.321 e. The van der Waals surface area contributed by atoms with Gasteiger partial charge in [0, 0.05) is 37.9 Å². The molecular weight excluding hydrogens is 322 g/mol. The maximum atomic E-state index is 12.7. The minimum Gasteiger partial charge on any atom is -0.454 e. The highest BCUT2D eigenvalue weighted by Gasteiger charge is 2.51. The summed E-state index contributed by atoms with van der Waals surface area (Å²) in [5, 5.41) is 2.90. The highest BCUT2D eigenvalue weighted by Crippen LogP contribution is 2.41. The second kappa shape index (κ2) is 6.13. The Morgan fingerprint density at radius 1 is 1.24 bits per heavy atom. The van der Waals surface area contributed by atoms with Crippen LogP contribution < -0.4 is 14.8 Å². The first-order chi connectivity index (χ1) is 12.1. The summed E-state index contributed by atoms with van der Waals surface area (Å²) in [6.07, 6.45) is 2.57. The molecule has 1 atom stereocenters. The summed E-state index contributed by atoms with van der Waals surface area (Å²) in [7, 11) is 0. The Morgan fingerprint density at radius 2 is 2.04 bits per heavy atom. The molecule has 1 unspecified atom stereocenters. The van der Waals surface area contributed by atoms with Gasteiger partial charge in [0.2, 0.25) is 12.7 Å². The summed E-state index contributed by atoms with van der Waals surface area (Å²) in [4.78, 5) is 29.0. The number of likely N-dealkylation sites (tertiary alicyclic amines) is 2. The third-order valence-electron chi connectivity index (χ3n) is 5.36. The Kier molecular flexibility index (Phi) is 3.94. The first-order valence-corrected chi connectivity index (χ1v) is 8.86. The van der Waals surface area contributed by atoms with E-state index >= 15 is 0 Å². The molecule has 2 fully saturated rings. The molecule has 3 aliphatic rings. The second-order valence-corrected chi connectivity index (χ2v) is 6.99. The van der Waals surface area contributed by atoms with Crippen molar-refractivity contribution in [2.75, 3.05) is 38.3 Å². The van der Waals surface area contributed by atoms with Crippen LogP contribution in [0.4, 0.5) is 10.5 Å². The molecule has 7 heteroatoms. The first kappa shape index (κ1) is 16.1. The van der Waals surface area contributed by atoms with Crippen LogP contribution in [0.15, 0.2) is 18.2 Å². The number of urea groups is 1. The number of ether oxygens (including phenoxy) is 2. The van der Waals surface area contributed by atoms with Crippen molar-refractivity contribution in [2.45, 2.75) is 26.2 Å². The van der Waals surface area contributed by atoms with Crippen molar-refractivity contribution in [3.05, 3.63) is 18.2 Å². The van der Waals surface area contributed by atoms with Crippen LogP contribution in [0.5, 0.6) is 11.5 Å². The predicted octanol–water partition coefficient (Wildman–Crippen LogP) is 2.28. The number of amides is 3. The minimum atomic E-state index is -0.374. The van der Waals surface area contributed by atoms with Crippen LogP contribution in [0.25, 0.3) is 0 Å². The highest BCUT2D eigenvalue weighted by molar-refractivity contribution is 5.92. The van der Waals surface area contributed by atoms with Crippen molar-refractivity contribution < 1.29 is 19.1 Å². The molecule has 4 rings (SSSR count). The molecule has 1 spiro atoms. The van der Waals surface area contributed by atoms with Gasteiger partial charge in [0.1, 0.15) is 0 Å². The van der Waals surface area contributed by atoms with E-state index in [1.807, 2.05) is 4.90 Å². The van der Waals surface area contributed by atoms with E-state index in [9.17, 15) is 9.59 Å². The summed E-state index contributed by atoms with van der Waals surface area (Å²) in [5.74, 6) is 1.54. The number of benzene rings is 1. The Bertz CT molecular complexity index is 708. The number of carbonyl (C=O) groups is 2. The van der Waals surface area contributed by atoms with E-state index in [1.54, 1.807) is 23.1 Å². The molecular formula is C18H23N3O4. The number of rotatable bonds is 3. The van der Waals surface area contributed by atoms with Gasteiger partial charge in [0.25, 0.3) is 0 Å². The molecule has 0 radical (unpaired) electrons. The maximum absolute atomic E-state index is 12.7. The fourth-order valence-electron chi connectivity index (χ4n) is 3.98. The van der Waals surface area contributed by atoms with Crippen molar-refractivity contribution in [1.82, 2.24) is 9.80 Å². The third kappa shape index (κ3) is 2.77. The van der Waals surface area contributed by atoms with Crippen LogP contribution in [0, 0.1) is 5.41 Å². The van der Waals surface area contributed by atoms with E-state index in [0.29, 0.717) is 30.3 Å². The molecule has 0 saturated carbocycles. The lowest BCUT2D eigenvalue weighted by Gasteiger charge is -2.23. The van der Waals surface area contributed by atoms with Crippen LogP contribution in [0.2, 0.25) is 0 Å². The van der Waals surface area contributed by atoms with Crippen LogP contribution in [-0.2, 0) is 4.79 Å². The molecule has 3 heterocycles. The van der Waals surface area contributed by atoms with Crippen molar-refractivity contribution in [3.8, 4) is 11.5 Å². The largest absolute Gasteiger partial charge is 0.454 e. The summed E-state index contributed by atoms with van der Waals surface area (Å²) >= 11 is 0. The number of hydrogen-bond acceptors (Lipinski definition) is 4. The zero-order valence-electron chi connectivity index (χ0n) is 14.4.